The van der Waals surface area contributed by atoms with E-state index in [2.05, 4.69) is 9.98 Å². The topological polar surface area (TPSA) is 100 Å². The first-order valence-corrected chi connectivity index (χ1v) is 6.89. The molecule has 0 aromatic heterocycles. The van der Waals surface area contributed by atoms with Crippen molar-refractivity contribution in [3.05, 3.63) is 24.3 Å². The van der Waals surface area contributed by atoms with Crippen LogP contribution in [-0.2, 0) is 0 Å². The van der Waals surface area contributed by atoms with Gasteiger partial charge in [-0.15, -0.1) is 0 Å². The van der Waals surface area contributed by atoms with E-state index >= 15 is 0 Å². The molecule has 0 radical (unpaired) electrons. The highest BCUT2D eigenvalue weighted by molar-refractivity contribution is 6.05. The van der Waals surface area contributed by atoms with Gasteiger partial charge in [-0.05, 0) is 37.8 Å². The van der Waals surface area contributed by atoms with Crippen molar-refractivity contribution in [1.29, 1.82) is 0 Å². The van der Waals surface area contributed by atoms with Crippen LogP contribution in [0.5, 0.6) is 5.75 Å². The molecule has 0 bridgehead atoms. The summed E-state index contributed by atoms with van der Waals surface area (Å²) in [7, 11) is 0. The molecule has 1 aromatic rings. The number of phenols is 1. The highest BCUT2D eigenvalue weighted by Gasteiger charge is 2.42. The summed E-state index contributed by atoms with van der Waals surface area (Å²) in [5.41, 5.74) is 12.2. The highest BCUT2D eigenvalue weighted by atomic mass is 16.3. The van der Waals surface area contributed by atoms with Gasteiger partial charge in [0.05, 0.1) is 0 Å². The minimum atomic E-state index is -0.456. The van der Waals surface area contributed by atoms with Gasteiger partial charge in [0.1, 0.15) is 11.4 Å². The van der Waals surface area contributed by atoms with Crippen LogP contribution in [0.1, 0.15) is 32.1 Å². The third-order valence-electron chi connectivity index (χ3n) is 3.94. The maximum Gasteiger partial charge on any atom is 0.220 e. The van der Waals surface area contributed by atoms with E-state index in [-0.39, 0.29) is 11.7 Å². The van der Waals surface area contributed by atoms with Crippen LogP contribution in [0.15, 0.2) is 34.3 Å². The minimum Gasteiger partial charge on any atom is -0.508 e. The monoisotopic (exact) mass is 273 g/mol. The zero-order chi connectivity index (χ0) is 14.2. The molecule has 6 heteroatoms. The summed E-state index contributed by atoms with van der Waals surface area (Å²) in [6, 6.07) is 6.99. The normalized spacial score (nSPS) is 21.5. The van der Waals surface area contributed by atoms with Crippen LogP contribution in [-0.4, -0.2) is 22.7 Å². The largest absolute Gasteiger partial charge is 0.508 e. The Kier molecular flexibility index (Phi) is 3.00. The molecule has 1 saturated carbocycles. The van der Waals surface area contributed by atoms with Crippen molar-refractivity contribution in [1.82, 2.24) is 0 Å². The Balaban J connectivity index is 2.08. The Morgan fingerprint density at radius 1 is 1.15 bits per heavy atom. The fourth-order valence-electron chi connectivity index (χ4n) is 3.13. The lowest BCUT2D eigenvalue weighted by Gasteiger charge is -2.45. The van der Waals surface area contributed by atoms with Crippen LogP contribution in [0.2, 0.25) is 0 Å². The van der Waals surface area contributed by atoms with Crippen LogP contribution in [0.25, 0.3) is 0 Å². The lowest BCUT2D eigenvalue weighted by molar-refractivity contribution is 0.305. The molecule has 6 nitrogen and oxygen atoms in total. The summed E-state index contributed by atoms with van der Waals surface area (Å²) in [6.07, 6.45) is 5.14. The van der Waals surface area contributed by atoms with E-state index in [9.17, 15) is 5.11 Å². The molecule has 5 N–H and O–H groups in total. The van der Waals surface area contributed by atoms with Gasteiger partial charge in [-0.1, -0.05) is 12.5 Å². The van der Waals surface area contributed by atoms with Crippen LogP contribution in [0.4, 0.5) is 5.69 Å². The first-order valence-electron chi connectivity index (χ1n) is 6.89. The van der Waals surface area contributed by atoms with Crippen molar-refractivity contribution >= 4 is 17.6 Å². The van der Waals surface area contributed by atoms with Crippen molar-refractivity contribution in [2.75, 3.05) is 4.90 Å². The number of nitrogens with zero attached hydrogens (tertiary/aromatic N) is 3. The Morgan fingerprint density at radius 2 is 1.90 bits per heavy atom. The Morgan fingerprint density at radius 3 is 2.60 bits per heavy atom. The van der Waals surface area contributed by atoms with Gasteiger partial charge >= 0.3 is 0 Å². The Labute approximate surface area is 117 Å². The van der Waals surface area contributed by atoms with Gasteiger partial charge in [0.2, 0.25) is 11.9 Å². The average Bonchev–Trinajstić information content (AvgIpc) is 2.38. The number of aromatic hydroxyl groups is 1. The van der Waals surface area contributed by atoms with E-state index in [1.165, 1.54) is 6.42 Å². The van der Waals surface area contributed by atoms with Gasteiger partial charge in [0.25, 0.3) is 0 Å². The molecule has 0 unspecified atom stereocenters. The predicted octanol–water partition coefficient (Wildman–Crippen LogP) is 1.50. The molecule has 0 amide bonds. The molecule has 1 aromatic carbocycles. The number of guanidine groups is 2. The third kappa shape index (κ3) is 2.07. The summed E-state index contributed by atoms with van der Waals surface area (Å²) in [4.78, 5) is 10.6. The second kappa shape index (κ2) is 4.70. The molecule has 1 aliphatic carbocycles. The molecule has 1 spiro atoms. The number of hydrogen-bond acceptors (Lipinski definition) is 6. The number of anilines is 1. The zero-order valence-corrected chi connectivity index (χ0v) is 11.3. The lowest BCUT2D eigenvalue weighted by atomic mass is 9.87. The van der Waals surface area contributed by atoms with Crippen molar-refractivity contribution in [2.24, 2.45) is 21.5 Å². The fourth-order valence-corrected chi connectivity index (χ4v) is 3.13. The molecular weight excluding hydrogens is 254 g/mol. The van der Waals surface area contributed by atoms with Gasteiger partial charge < -0.3 is 16.6 Å². The SMILES string of the molecule is NC1=NC2(CCCCC2)N(c2cccc(O)c2)C(N)=N1. The van der Waals surface area contributed by atoms with E-state index in [4.69, 9.17) is 11.5 Å². The number of benzene rings is 1. The molecule has 2 aliphatic rings. The van der Waals surface area contributed by atoms with Gasteiger partial charge in [0, 0.05) is 11.8 Å². The van der Waals surface area contributed by atoms with E-state index < -0.39 is 5.66 Å². The number of hydrogen-bond donors (Lipinski definition) is 3. The minimum absolute atomic E-state index is 0.198. The van der Waals surface area contributed by atoms with Crippen molar-refractivity contribution in [3.63, 3.8) is 0 Å². The van der Waals surface area contributed by atoms with Gasteiger partial charge in [0.15, 0.2) is 0 Å². The first-order chi connectivity index (χ1) is 9.61. The predicted molar refractivity (Wildman–Crippen MR) is 79.6 cm³/mol. The highest BCUT2D eigenvalue weighted by Crippen LogP contribution is 2.39. The van der Waals surface area contributed by atoms with Crippen LogP contribution < -0.4 is 16.4 Å². The molecule has 106 valence electrons. The molecule has 1 aliphatic heterocycles. The van der Waals surface area contributed by atoms with Gasteiger partial charge in [-0.25, -0.2) is 4.99 Å². The third-order valence-corrected chi connectivity index (χ3v) is 3.94. The second-order valence-electron chi connectivity index (χ2n) is 5.34. The molecule has 1 fully saturated rings. The maximum atomic E-state index is 9.70. The van der Waals surface area contributed by atoms with Crippen molar-refractivity contribution in [2.45, 2.75) is 37.8 Å². The van der Waals surface area contributed by atoms with Crippen molar-refractivity contribution < 1.29 is 5.11 Å². The summed E-state index contributed by atoms with van der Waals surface area (Å²) in [5.74, 6) is 0.773. The van der Waals surface area contributed by atoms with Crippen LogP contribution in [0.3, 0.4) is 0 Å². The summed E-state index contributed by atoms with van der Waals surface area (Å²) in [5, 5.41) is 9.70. The lowest BCUT2D eigenvalue weighted by Crippen LogP contribution is -2.58. The van der Waals surface area contributed by atoms with E-state index in [0.717, 1.165) is 31.4 Å². The number of nitrogens with two attached hydrogens (primary N) is 2. The molecular formula is C14H19N5O. The summed E-state index contributed by atoms with van der Waals surface area (Å²) < 4.78 is 0. The van der Waals surface area contributed by atoms with Gasteiger partial charge in [-0.2, -0.15) is 4.99 Å². The smallest absolute Gasteiger partial charge is 0.220 e. The number of phenolic OH excluding ortho intramolecular Hbond substituents is 1. The standard InChI is InChI=1S/C14H19N5O/c15-12-17-13(16)19(10-5-4-6-11(20)9-10)14(18-12)7-2-1-3-8-14/h4-6,9,20H,1-3,7-8H2,(H4,15,16,17,18). The molecule has 3 rings (SSSR count). The van der Waals surface area contributed by atoms with E-state index in [1.807, 2.05) is 11.0 Å². The van der Waals surface area contributed by atoms with Crippen molar-refractivity contribution in [3.8, 4) is 5.75 Å². The Bertz CT molecular complexity index is 575. The molecule has 1 heterocycles. The fraction of sp³-hybridized carbons (Fsp3) is 0.429. The molecule has 20 heavy (non-hydrogen) atoms. The molecule has 0 atom stereocenters. The maximum absolute atomic E-state index is 9.70. The Hall–Kier alpha value is -2.24. The second-order valence-corrected chi connectivity index (χ2v) is 5.34. The molecule has 0 saturated heterocycles. The van der Waals surface area contributed by atoms with E-state index in [1.54, 1.807) is 18.2 Å². The first kappa shape index (κ1) is 12.8. The number of rotatable bonds is 1. The van der Waals surface area contributed by atoms with Gasteiger partial charge in [-0.3, -0.25) is 4.90 Å². The summed E-state index contributed by atoms with van der Waals surface area (Å²) >= 11 is 0. The zero-order valence-electron chi connectivity index (χ0n) is 11.3. The average molecular weight is 273 g/mol. The summed E-state index contributed by atoms with van der Waals surface area (Å²) in [6.45, 7) is 0. The van der Waals surface area contributed by atoms with E-state index in [0.29, 0.717) is 5.96 Å². The van der Waals surface area contributed by atoms with Crippen LogP contribution in [0, 0.1) is 0 Å². The quantitative estimate of drug-likeness (QED) is 0.721. The van der Waals surface area contributed by atoms with Crippen LogP contribution >= 0.6 is 0 Å². The number of aliphatic imine (C=N–C) groups is 2.